The van der Waals surface area contributed by atoms with Crippen molar-refractivity contribution in [2.24, 2.45) is 5.11 Å². The first-order chi connectivity index (χ1) is 7.15. The minimum absolute atomic E-state index is 0.0157. The maximum atomic E-state index is 9.63. The molecule has 7 nitrogen and oxygen atoms in total. The molecule has 1 rings (SSSR count). The molecular formula is C7H12BN3O4. The number of aliphatic hydroxyl groups is 3. The topological polar surface area (TPSA) is 119 Å². The third-order valence-electron chi connectivity index (χ3n) is 2.41. The standard InChI is InChI=1S/C7H12BN3O4/c8-1-3-6(13)5(10-11-9)7(14)4(2-12)15-3/h3-7,12-14H,1-2H2/t3-,4?,5-,6?,7+/m1/s1. The van der Waals surface area contributed by atoms with Crippen LogP contribution in [0.3, 0.4) is 0 Å². The van der Waals surface area contributed by atoms with Crippen LogP contribution >= 0.6 is 0 Å². The van der Waals surface area contributed by atoms with E-state index >= 15 is 0 Å². The molecule has 0 bridgehead atoms. The minimum atomic E-state index is -1.23. The lowest BCUT2D eigenvalue weighted by atomic mass is 9.86. The number of hydrogen-bond donors (Lipinski definition) is 3. The van der Waals surface area contributed by atoms with Crippen LogP contribution in [0.2, 0.25) is 6.32 Å². The SMILES string of the molecule is [B]C[C@H]1OC(CO)[C@H](O)[C@H](N=[N+]=[N-])C1O. The molecule has 3 N–H and O–H groups in total. The van der Waals surface area contributed by atoms with Crippen molar-refractivity contribution in [1.82, 2.24) is 0 Å². The zero-order chi connectivity index (χ0) is 11.4. The van der Waals surface area contributed by atoms with Crippen molar-refractivity contribution in [2.75, 3.05) is 6.61 Å². The molecule has 0 spiro atoms. The highest BCUT2D eigenvalue weighted by atomic mass is 16.5. The second-order valence-corrected chi connectivity index (χ2v) is 3.31. The Morgan fingerprint density at radius 2 is 1.93 bits per heavy atom. The predicted octanol–water partition coefficient (Wildman–Crippen LogP) is -1.27. The van der Waals surface area contributed by atoms with Crippen molar-refractivity contribution in [3.8, 4) is 0 Å². The maximum Gasteiger partial charge on any atom is 0.107 e. The molecule has 0 aromatic heterocycles. The van der Waals surface area contributed by atoms with Gasteiger partial charge in [0.15, 0.2) is 0 Å². The first-order valence-corrected chi connectivity index (χ1v) is 4.52. The molecule has 0 aromatic rings. The Hall–Kier alpha value is -0.785. The van der Waals surface area contributed by atoms with E-state index in [4.69, 9.17) is 23.2 Å². The van der Waals surface area contributed by atoms with E-state index < -0.39 is 37.1 Å². The van der Waals surface area contributed by atoms with Gasteiger partial charge in [0.05, 0.1) is 38.8 Å². The van der Waals surface area contributed by atoms with E-state index in [1.165, 1.54) is 0 Å². The van der Waals surface area contributed by atoms with Crippen LogP contribution in [0, 0.1) is 0 Å². The number of rotatable bonds is 3. The summed E-state index contributed by atoms with van der Waals surface area (Å²) < 4.78 is 5.13. The Kier molecular flexibility index (Phi) is 4.37. The van der Waals surface area contributed by atoms with E-state index in [9.17, 15) is 10.2 Å². The van der Waals surface area contributed by atoms with E-state index in [0.29, 0.717) is 0 Å². The summed E-state index contributed by atoms with van der Waals surface area (Å²) in [6.45, 7) is -0.429. The van der Waals surface area contributed by atoms with E-state index in [1.54, 1.807) is 0 Å². The maximum absolute atomic E-state index is 9.63. The van der Waals surface area contributed by atoms with Gasteiger partial charge in [-0.05, 0) is 5.53 Å². The fourth-order valence-electron chi connectivity index (χ4n) is 1.57. The van der Waals surface area contributed by atoms with E-state index in [2.05, 4.69) is 10.0 Å². The molecule has 1 aliphatic heterocycles. The van der Waals surface area contributed by atoms with E-state index in [1.807, 2.05) is 0 Å². The van der Waals surface area contributed by atoms with Gasteiger partial charge in [0.2, 0.25) is 0 Å². The van der Waals surface area contributed by atoms with E-state index in [-0.39, 0.29) is 6.32 Å². The van der Waals surface area contributed by atoms with Crippen LogP contribution in [-0.4, -0.2) is 60.2 Å². The van der Waals surface area contributed by atoms with Crippen LogP contribution in [-0.2, 0) is 4.74 Å². The number of aliphatic hydroxyl groups excluding tert-OH is 3. The van der Waals surface area contributed by atoms with Gasteiger partial charge in [-0.2, -0.15) is 0 Å². The molecular weight excluding hydrogens is 201 g/mol. The van der Waals surface area contributed by atoms with Gasteiger partial charge in [0.25, 0.3) is 0 Å². The average Bonchev–Trinajstić information content (AvgIpc) is 2.25. The fourth-order valence-corrected chi connectivity index (χ4v) is 1.57. The Labute approximate surface area is 87.7 Å². The Morgan fingerprint density at radius 3 is 2.40 bits per heavy atom. The number of azide groups is 1. The third kappa shape index (κ3) is 2.42. The quantitative estimate of drug-likeness (QED) is 0.234. The van der Waals surface area contributed by atoms with Gasteiger partial charge in [0.1, 0.15) is 6.10 Å². The Morgan fingerprint density at radius 1 is 1.33 bits per heavy atom. The lowest BCUT2D eigenvalue weighted by Gasteiger charge is -2.40. The van der Waals surface area contributed by atoms with E-state index in [0.717, 1.165) is 0 Å². The minimum Gasteiger partial charge on any atom is -0.394 e. The van der Waals surface area contributed by atoms with Crippen LogP contribution in [0.15, 0.2) is 5.11 Å². The normalized spacial score (nSPS) is 40.9. The zero-order valence-electron chi connectivity index (χ0n) is 7.97. The third-order valence-corrected chi connectivity index (χ3v) is 2.41. The van der Waals surface area contributed by atoms with Crippen molar-refractivity contribution in [3.63, 3.8) is 0 Å². The summed E-state index contributed by atoms with van der Waals surface area (Å²) in [5.74, 6) is 0. The fraction of sp³-hybridized carbons (Fsp3) is 1.00. The summed E-state index contributed by atoms with van der Waals surface area (Å²) in [6, 6.07) is -1.05. The first kappa shape index (κ1) is 12.3. The smallest absolute Gasteiger partial charge is 0.107 e. The van der Waals surface area contributed by atoms with Gasteiger partial charge in [0, 0.05) is 4.91 Å². The zero-order valence-corrected chi connectivity index (χ0v) is 7.97. The summed E-state index contributed by atoms with van der Waals surface area (Å²) in [5.41, 5.74) is 8.27. The molecule has 0 aromatic carbocycles. The molecule has 1 aliphatic rings. The second-order valence-electron chi connectivity index (χ2n) is 3.31. The summed E-state index contributed by atoms with van der Waals surface area (Å²) in [5, 5.41) is 31.4. The van der Waals surface area contributed by atoms with Crippen LogP contribution in [0.5, 0.6) is 0 Å². The van der Waals surface area contributed by atoms with Gasteiger partial charge >= 0.3 is 0 Å². The highest BCUT2D eigenvalue weighted by Gasteiger charge is 2.42. The summed E-state index contributed by atoms with van der Waals surface area (Å²) >= 11 is 0. The molecule has 82 valence electrons. The molecule has 1 fully saturated rings. The van der Waals surface area contributed by atoms with Gasteiger partial charge in [-0.25, -0.2) is 0 Å². The molecule has 15 heavy (non-hydrogen) atoms. The first-order valence-electron chi connectivity index (χ1n) is 4.52. The molecule has 0 aliphatic carbocycles. The van der Waals surface area contributed by atoms with Crippen molar-refractivity contribution in [3.05, 3.63) is 10.4 Å². The Balaban J connectivity index is 2.85. The highest BCUT2D eigenvalue weighted by molar-refractivity contribution is 6.08. The monoisotopic (exact) mass is 213 g/mol. The van der Waals surface area contributed by atoms with Crippen LogP contribution in [0.4, 0.5) is 0 Å². The lowest BCUT2D eigenvalue weighted by molar-refractivity contribution is -0.182. The molecule has 2 unspecified atom stereocenters. The average molecular weight is 213 g/mol. The predicted molar refractivity (Wildman–Crippen MR) is 51.3 cm³/mol. The van der Waals surface area contributed by atoms with Gasteiger partial charge in [-0.3, -0.25) is 0 Å². The lowest BCUT2D eigenvalue weighted by Crippen LogP contribution is -2.57. The van der Waals surface area contributed by atoms with Crippen LogP contribution in [0.25, 0.3) is 10.4 Å². The van der Waals surface area contributed by atoms with Crippen LogP contribution in [0.1, 0.15) is 0 Å². The van der Waals surface area contributed by atoms with Crippen molar-refractivity contribution in [1.29, 1.82) is 0 Å². The molecule has 8 heteroatoms. The Bertz CT molecular complexity index is 245. The van der Waals surface area contributed by atoms with Crippen molar-refractivity contribution < 1.29 is 20.1 Å². The second kappa shape index (κ2) is 5.34. The highest BCUT2D eigenvalue weighted by Crippen LogP contribution is 2.24. The number of ether oxygens (including phenoxy) is 1. The van der Waals surface area contributed by atoms with Crippen LogP contribution < -0.4 is 0 Å². The molecule has 0 amide bonds. The summed E-state index contributed by atoms with van der Waals surface area (Å²) in [6.07, 6.45) is -4.02. The molecule has 1 heterocycles. The van der Waals surface area contributed by atoms with Crippen molar-refractivity contribution in [2.45, 2.75) is 36.8 Å². The molecule has 2 radical (unpaired) electrons. The molecule has 1 saturated heterocycles. The summed E-state index contributed by atoms with van der Waals surface area (Å²) in [7, 11) is 5.33. The van der Waals surface area contributed by atoms with Crippen molar-refractivity contribution >= 4 is 7.85 Å². The number of hydrogen-bond acceptors (Lipinski definition) is 5. The largest absolute Gasteiger partial charge is 0.394 e. The number of nitrogens with zero attached hydrogens (tertiary/aromatic N) is 3. The van der Waals surface area contributed by atoms with Gasteiger partial charge in [-0.15, -0.1) is 0 Å². The van der Waals surface area contributed by atoms with Gasteiger partial charge in [-0.1, -0.05) is 11.4 Å². The summed E-state index contributed by atoms with van der Waals surface area (Å²) in [4.78, 5) is 2.52. The molecule has 0 saturated carbocycles. The molecule has 5 atom stereocenters. The van der Waals surface area contributed by atoms with Gasteiger partial charge < -0.3 is 20.1 Å².